The molecule has 1 N–H and O–H groups in total. The molecule has 31 heavy (non-hydrogen) atoms. The van der Waals surface area contributed by atoms with Crippen molar-refractivity contribution in [3.05, 3.63) is 132 Å². The number of hydrazone groups is 1. The molecule has 0 aliphatic heterocycles. The van der Waals surface area contributed by atoms with Crippen LogP contribution in [0.2, 0.25) is 0 Å². The van der Waals surface area contributed by atoms with Crippen LogP contribution in [-0.4, -0.2) is 11.6 Å². The highest BCUT2D eigenvalue weighted by atomic mass is 16.2. The van der Waals surface area contributed by atoms with Crippen molar-refractivity contribution in [1.82, 2.24) is 5.43 Å². The lowest BCUT2D eigenvalue weighted by Crippen LogP contribution is -2.27. The third-order valence-electron chi connectivity index (χ3n) is 5.27. The Morgan fingerprint density at radius 1 is 0.645 bits per heavy atom. The fraction of sp³-hybridized carbons (Fsp3) is 0.0714. The van der Waals surface area contributed by atoms with E-state index in [2.05, 4.69) is 34.8 Å². The first-order valence-corrected chi connectivity index (χ1v) is 10.3. The number of hydrogen-bond donors (Lipinski definition) is 1. The van der Waals surface area contributed by atoms with E-state index in [4.69, 9.17) is 0 Å². The van der Waals surface area contributed by atoms with Crippen LogP contribution in [0.4, 0.5) is 0 Å². The van der Waals surface area contributed by atoms with Crippen LogP contribution >= 0.6 is 0 Å². The van der Waals surface area contributed by atoms with Crippen molar-refractivity contribution in [1.29, 1.82) is 0 Å². The monoisotopic (exact) mass is 404 g/mol. The van der Waals surface area contributed by atoms with E-state index in [0.717, 1.165) is 28.0 Å². The summed E-state index contributed by atoms with van der Waals surface area (Å²) in [6.45, 7) is 1.90. The molecule has 0 spiro atoms. The number of rotatable bonds is 6. The summed E-state index contributed by atoms with van der Waals surface area (Å²) in [7, 11) is 0. The zero-order valence-electron chi connectivity index (χ0n) is 17.4. The lowest BCUT2D eigenvalue weighted by Gasteiger charge is -2.16. The van der Waals surface area contributed by atoms with Crippen molar-refractivity contribution in [2.45, 2.75) is 12.8 Å². The molecule has 0 fully saturated rings. The number of carbonyl (C=O) groups excluding carboxylic acids is 1. The van der Waals surface area contributed by atoms with Crippen LogP contribution in [0.15, 0.2) is 120 Å². The second-order valence-corrected chi connectivity index (χ2v) is 7.37. The van der Waals surface area contributed by atoms with Gasteiger partial charge in [-0.15, -0.1) is 0 Å². The van der Waals surface area contributed by atoms with Gasteiger partial charge >= 0.3 is 0 Å². The van der Waals surface area contributed by atoms with E-state index in [1.54, 1.807) is 0 Å². The van der Waals surface area contributed by atoms with Gasteiger partial charge in [-0.1, -0.05) is 115 Å². The number of nitrogens with one attached hydrogen (secondary N) is 1. The standard InChI is InChI=1S/C28H24N2O/c1-21(22-17-19-24(20-18-22)23-11-5-2-6-12-23)29-30-28(31)27(25-13-7-3-8-14-25)26-15-9-4-10-16-26/h2-20,27H,1H3,(H,30,31). The highest BCUT2D eigenvalue weighted by Crippen LogP contribution is 2.25. The smallest absolute Gasteiger partial charge is 0.252 e. The second kappa shape index (κ2) is 9.68. The zero-order valence-corrected chi connectivity index (χ0v) is 17.4. The number of benzene rings is 4. The van der Waals surface area contributed by atoms with Gasteiger partial charge in [0, 0.05) is 0 Å². The molecule has 0 bridgehead atoms. The zero-order chi connectivity index (χ0) is 21.5. The maximum Gasteiger partial charge on any atom is 0.252 e. The van der Waals surface area contributed by atoms with Crippen molar-refractivity contribution in [2.24, 2.45) is 5.10 Å². The predicted octanol–water partition coefficient (Wildman–Crippen LogP) is 6.03. The van der Waals surface area contributed by atoms with Crippen LogP contribution in [0, 0.1) is 0 Å². The van der Waals surface area contributed by atoms with Gasteiger partial charge in [0.15, 0.2) is 0 Å². The molecule has 0 radical (unpaired) electrons. The third kappa shape index (κ3) is 4.96. The van der Waals surface area contributed by atoms with Gasteiger partial charge in [0.25, 0.3) is 5.91 Å². The Labute approximate surface area is 183 Å². The largest absolute Gasteiger partial charge is 0.272 e. The molecule has 0 unspecified atom stereocenters. The van der Waals surface area contributed by atoms with Crippen LogP contribution in [0.3, 0.4) is 0 Å². The minimum absolute atomic E-state index is 0.155. The van der Waals surface area contributed by atoms with Crippen LogP contribution in [-0.2, 0) is 4.79 Å². The molecule has 1 amide bonds. The van der Waals surface area contributed by atoms with Gasteiger partial charge in [-0.25, -0.2) is 5.43 Å². The molecule has 0 saturated heterocycles. The van der Waals surface area contributed by atoms with Gasteiger partial charge in [0.1, 0.15) is 0 Å². The van der Waals surface area contributed by atoms with E-state index >= 15 is 0 Å². The summed E-state index contributed by atoms with van der Waals surface area (Å²) in [6, 6.07) is 38.0. The van der Waals surface area contributed by atoms with Crippen LogP contribution in [0.5, 0.6) is 0 Å². The summed E-state index contributed by atoms with van der Waals surface area (Å²) in [6.07, 6.45) is 0. The highest BCUT2D eigenvalue weighted by molar-refractivity contribution is 6.00. The molecule has 4 aromatic carbocycles. The Hall–Kier alpha value is -3.98. The van der Waals surface area contributed by atoms with E-state index in [9.17, 15) is 4.79 Å². The normalized spacial score (nSPS) is 11.4. The first kappa shape index (κ1) is 20.3. The summed E-state index contributed by atoms with van der Waals surface area (Å²) in [5, 5.41) is 4.39. The summed E-state index contributed by atoms with van der Waals surface area (Å²) in [4.78, 5) is 13.1. The number of nitrogens with zero attached hydrogens (tertiary/aromatic N) is 1. The van der Waals surface area contributed by atoms with E-state index in [0.29, 0.717) is 0 Å². The Kier molecular flexibility index (Phi) is 6.34. The molecule has 4 rings (SSSR count). The second-order valence-electron chi connectivity index (χ2n) is 7.37. The van der Waals surface area contributed by atoms with Gasteiger partial charge in [0.2, 0.25) is 0 Å². The van der Waals surface area contributed by atoms with Crippen molar-refractivity contribution >= 4 is 11.6 Å². The highest BCUT2D eigenvalue weighted by Gasteiger charge is 2.22. The Bertz CT molecular complexity index is 1110. The molecule has 0 aromatic heterocycles. The van der Waals surface area contributed by atoms with E-state index in [-0.39, 0.29) is 5.91 Å². The summed E-state index contributed by atoms with van der Waals surface area (Å²) >= 11 is 0. The third-order valence-corrected chi connectivity index (χ3v) is 5.27. The Morgan fingerprint density at radius 2 is 1.10 bits per heavy atom. The van der Waals surface area contributed by atoms with Crippen molar-refractivity contribution in [3.8, 4) is 11.1 Å². The van der Waals surface area contributed by atoms with Crippen molar-refractivity contribution in [3.63, 3.8) is 0 Å². The molecular formula is C28H24N2O. The lowest BCUT2D eigenvalue weighted by atomic mass is 9.91. The molecule has 0 atom stereocenters. The molecule has 3 nitrogen and oxygen atoms in total. The Morgan fingerprint density at radius 3 is 1.61 bits per heavy atom. The van der Waals surface area contributed by atoms with Crippen molar-refractivity contribution in [2.75, 3.05) is 0 Å². The first-order valence-electron chi connectivity index (χ1n) is 10.3. The summed E-state index contributed by atoms with van der Waals surface area (Å²) in [5.41, 5.74) is 8.69. The Balaban J connectivity index is 1.52. The number of hydrogen-bond acceptors (Lipinski definition) is 2. The van der Waals surface area contributed by atoms with Crippen molar-refractivity contribution < 1.29 is 4.79 Å². The lowest BCUT2D eigenvalue weighted by molar-refractivity contribution is -0.121. The van der Waals surface area contributed by atoms with Gasteiger partial charge in [-0.3, -0.25) is 4.79 Å². The fourth-order valence-electron chi connectivity index (χ4n) is 3.59. The quantitative estimate of drug-likeness (QED) is 0.310. The van der Waals surface area contributed by atoms with Gasteiger partial charge < -0.3 is 0 Å². The average Bonchev–Trinajstić information content (AvgIpc) is 2.85. The maximum absolute atomic E-state index is 13.1. The molecule has 0 aliphatic carbocycles. The molecular weight excluding hydrogens is 380 g/mol. The van der Waals surface area contributed by atoms with Gasteiger partial charge in [-0.05, 0) is 34.7 Å². The van der Waals surface area contributed by atoms with Gasteiger partial charge in [-0.2, -0.15) is 5.10 Å². The SMILES string of the molecule is CC(=NNC(=O)C(c1ccccc1)c1ccccc1)c1ccc(-c2ccccc2)cc1. The molecule has 4 aromatic rings. The minimum Gasteiger partial charge on any atom is -0.272 e. The van der Waals surface area contributed by atoms with E-state index < -0.39 is 5.92 Å². The molecule has 3 heteroatoms. The summed E-state index contributed by atoms with van der Waals surface area (Å²) in [5.74, 6) is -0.572. The molecule has 152 valence electrons. The molecule has 0 saturated carbocycles. The number of carbonyl (C=O) groups is 1. The van der Waals surface area contributed by atoms with Crippen LogP contribution < -0.4 is 5.43 Å². The van der Waals surface area contributed by atoms with Crippen LogP contribution in [0.25, 0.3) is 11.1 Å². The maximum atomic E-state index is 13.1. The van der Waals surface area contributed by atoms with Gasteiger partial charge in [0.05, 0.1) is 11.6 Å². The summed E-state index contributed by atoms with van der Waals surface area (Å²) < 4.78 is 0. The van der Waals surface area contributed by atoms with E-state index in [1.807, 2.05) is 97.9 Å². The topological polar surface area (TPSA) is 41.5 Å². The van der Waals surface area contributed by atoms with E-state index in [1.165, 1.54) is 5.56 Å². The molecule has 0 aliphatic rings. The predicted molar refractivity (Wildman–Crippen MR) is 127 cm³/mol. The molecule has 0 heterocycles. The minimum atomic E-state index is -0.417. The fourth-order valence-corrected chi connectivity index (χ4v) is 3.59. The number of amides is 1. The average molecular weight is 405 g/mol. The van der Waals surface area contributed by atoms with Crippen LogP contribution in [0.1, 0.15) is 29.5 Å². The first-order chi connectivity index (χ1) is 15.2.